The van der Waals surface area contributed by atoms with Gasteiger partial charge in [-0.3, -0.25) is 10.1 Å². The topological polar surface area (TPSA) is 111 Å². The Morgan fingerprint density at radius 2 is 1.68 bits per heavy atom. The second-order valence-electron chi connectivity index (χ2n) is 5.50. The van der Waals surface area contributed by atoms with Gasteiger partial charge >= 0.3 is 5.69 Å². The molecular formula is C18H16IN5O4. The molecule has 0 amide bonds. The van der Waals surface area contributed by atoms with Crippen LogP contribution in [-0.2, 0) is 0 Å². The van der Waals surface area contributed by atoms with Crippen molar-refractivity contribution in [2.24, 2.45) is 0 Å². The minimum absolute atomic E-state index is 0.0274. The first-order valence-corrected chi connectivity index (χ1v) is 9.10. The zero-order valence-corrected chi connectivity index (χ0v) is 17.1. The molecule has 0 bridgehead atoms. The zero-order chi connectivity index (χ0) is 20.1. The lowest BCUT2D eigenvalue weighted by Gasteiger charge is -2.13. The van der Waals surface area contributed by atoms with Crippen LogP contribution in [0.25, 0.3) is 0 Å². The van der Waals surface area contributed by atoms with Crippen LogP contribution in [0.3, 0.4) is 0 Å². The number of hydrogen-bond acceptors (Lipinski definition) is 8. The van der Waals surface area contributed by atoms with Gasteiger partial charge in [0.05, 0.1) is 24.8 Å². The fourth-order valence-electron chi connectivity index (χ4n) is 2.44. The fourth-order valence-corrected chi connectivity index (χ4v) is 2.80. The van der Waals surface area contributed by atoms with Crippen LogP contribution in [-0.4, -0.2) is 29.1 Å². The quantitative estimate of drug-likeness (QED) is 0.281. The highest BCUT2D eigenvalue weighted by Crippen LogP contribution is 2.36. The Bertz CT molecular complexity index is 998. The molecule has 0 radical (unpaired) electrons. The minimum atomic E-state index is -0.538. The van der Waals surface area contributed by atoms with Gasteiger partial charge in [-0.1, -0.05) is 0 Å². The largest absolute Gasteiger partial charge is 0.497 e. The Labute approximate surface area is 174 Å². The molecule has 0 aliphatic heterocycles. The molecule has 28 heavy (non-hydrogen) atoms. The van der Waals surface area contributed by atoms with Gasteiger partial charge in [-0.25, -0.2) is 9.97 Å². The van der Waals surface area contributed by atoms with Crippen molar-refractivity contribution in [1.29, 1.82) is 0 Å². The number of halogens is 1. The summed E-state index contributed by atoms with van der Waals surface area (Å²) in [6, 6.07) is 12.5. The summed E-state index contributed by atoms with van der Waals surface area (Å²) in [4.78, 5) is 19.3. The number of benzene rings is 2. The lowest BCUT2D eigenvalue weighted by atomic mass is 10.2. The first kappa shape index (κ1) is 19.6. The molecule has 3 rings (SSSR count). The molecule has 0 fully saturated rings. The van der Waals surface area contributed by atoms with Gasteiger partial charge in [0.15, 0.2) is 0 Å². The zero-order valence-electron chi connectivity index (χ0n) is 15.0. The summed E-state index contributed by atoms with van der Waals surface area (Å²) in [5.41, 5.74) is 0.863. The van der Waals surface area contributed by atoms with Crippen LogP contribution < -0.4 is 20.1 Å². The molecule has 2 aromatic carbocycles. The van der Waals surface area contributed by atoms with Gasteiger partial charge in [-0.2, -0.15) is 0 Å². The number of rotatable bonds is 7. The third-order valence-corrected chi connectivity index (χ3v) is 4.49. The molecule has 0 saturated carbocycles. The summed E-state index contributed by atoms with van der Waals surface area (Å²) in [6.45, 7) is 0. The third kappa shape index (κ3) is 4.39. The number of anilines is 4. The standard InChI is InChI=1S/C18H16IN5O4/c1-27-13-7-8-15(28-2)14(9-13)23-18-16(24(25)26)17(20-10-21-18)22-12-5-3-11(19)4-6-12/h3-10H,1-2H3,(H2,20,21,22,23). The first-order chi connectivity index (χ1) is 13.5. The van der Waals surface area contributed by atoms with Crippen LogP contribution in [0.4, 0.5) is 28.7 Å². The van der Waals surface area contributed by atoms with Gasteiger partial charge in [0.25, 0.3) is 0 Å². The van der Waals surface area contributed by atoms with E-state index in [1.54, 1.807) is 18.2 Å². The van der Waals surface area contributed by atoms with Crippen LogP contribution in [0.15, 0.2) is 48.8 Å². The van der Waals surface area contributed by atoms with Gasteiger partial charge < -0.3 is 20.1 Å². The monoisotopic (exact) mass is 493 g/mol. The molecule has 10 heteroatoms. The number of ether oxygens (including phenoxy) is 2. The van der Waals surface area contributed by atoms with Crippen molar-refractivity contribution >= 4 is 51.3 Å². The van der Waals surface area contributed by atoms with Crippen molar-refractivity contribution in [3.8, 4) is 11.5 Å². The van der Waals surface area contributed by atoms with E-state index in [2.05, 4.69) is 43.2 Å². The number of nitrogens with one attached hydrogen (secondary N) is 2. The number of hydrogen-bond donors (Lipinski definition) is 2. The fraction of sp³-hybridized carbons (Fsp3) is 0.111. The van der Waals surface area contributed by atoms with Crippen molar-refractivity contribution in [2.75, 3.05) is 24.9 Å². The maximum absolute atomic E-state index is 11.7. The smallest absolute Gasteiger partial charge is 0.353 e. The van der Waals surface area contributed by atoms with Crippen molar-refractivity contribution in [3.05, 3.63) is 62.5 Å². The molecule has 0 aliphatic carbocycles. The number of aromatic nitrogens is 2. The summed E-state index contributed by atoms with van der Waals surface area (Å²) in [7, 11) is 3.03. The average Bonchev–Trinajstić information content (AvgIpc) is 2.69. The molecule has 0 saturated heterocycles. The molecule has 144 valence electrons. The molecule has 0 aliphatic rings. The van der Waals surface area contributed by atoms with E-state index in [9.17, 15) is 10.1 Å². The highest BCUT2D eigenvalue weighted by Gasteiger charge is 2.24. The highest BCUT2D eigenvalue weighted by molar-refractivity contribution is 14.1. The van der Waals surface area contributed by atoms with Gasteiger partial charge in [0.2, 0.25) is 11.6 Å². The molecule has 9 nitrogen and oxygen atoms in total. The van der Waals surface area contributed by atoms with Crippen LogP contribution in [0.5, 0.6) is 11.5 Å². The second-order valence-corrected chi connectivity index (χ2v) is 6.75. The molecule has 1 heterocycles. The summed E-state index contributed by atoms with van der Waals surface area (Å²) in [5, 5.41) is 17.7. The number of nitro groups is 1. The van der Waals surface area contributed by atoms with E-state index in [0.29, 0.717) is 22.9 Å². The van der Waals surface area contributed by atoms with Gasteiger partial charge in [0, 0.05) is 15.3 Å². The van der Waals surface area contributed by atoms with E-state index in [4.69, 9.17) is 9.47 Å². The molecular weight excluding hydrogens is 477 g/mol. The van der Waals surface area contributed by atoms with E-state index in [1.807, 2.05) is 24.3 Å². The normalized spacial score (nSPS) is 10.2. The van der Waals surface area contributed by atoms with Crippen molar-refractivity contribution in [1.82, 2.24) is 9.97 Å². The van der Waals surface area contributed by atoms with E-state index in [-0.39, 0.29) is 17.3 Å². The second kappa shape index (κ2) is 8.69. The van der Waals surface area contributed by atoms with E-state index < -0.39 is 4.92 Å². The molecule has 1 aromatic heterocycles. The molecule has 0 spiro atoms. The molecule has 0 unspecified atom stereocenters. The average molecular weight is 493 g/mol. The molecule has 3 aromatic rings. The predicted octanol–water partition coefficient (Wildman–Crippen LogP) is 4.49. The van der Waals surface area contributed by atoms with E-state index >= 15 is 0 Å². The third-order valence-electron chi connectivity index (χ3n) is 3.77. The Balaban J connectivity index is 2.00. The highest BCUT2D eigenvalue weighted by atomic mass is 127. The summed E-state index contributed by atoms with van der Waals surface area (Å²) < 4.78 is 11.6. The maximum atomic E-state index is 11.7. The SMILES string of the molecule is COc1ccc(OC)c(Nc2ncnc(Nc3ccc(I)cc3)c2[N+](=O)[O-])c1. The van der Waals surface area contributed by atoms with E-state index in [0.717, 1.165) is 3.57 Å². The molecule has 0 atom stereocenters. The first-order valence-electron chi connectivity index (χ1n) is 8.03. The summed E-state index contributed by atoms with van der Waals surface area (Å²) in [6.07, 6.45) is 1.25. The Kier molecular flexibility index (Phi) is 6.09. The van der Waals surface area contributed by atoms with Crippen molar-refractivity contribution < 1.29 is 14.4 Å². The predicted molar refractivity (Wildman–Crippen MR) is 114 cm³/mol. The van der Waals surface area contributed by atoms with Crippen LogP contribution in [0, 0.1) is 13.7 Å². The minimum Gasteiger partial charge on any atom is -0.497 e. The Morgan fingerprint density at radius 1 is 1.00 bits per heavy atom. The lowest BCUT2D eigenvalue weighted by molar-refractivity contribution is -0.383. The van der Waals surface area contributed by atoms with Gasteiger partial charge in [0.1, 0.15) is 17.8 Å². The lowest BCUT2D eigenvalue weighted by Crippen LogP contribution is -2.06. The van der Waals surface area contributed by atoms with Crippen molar-refractivity contribution in [2.45, 2.75) is 0 Å². The Morgan fingerprint density at radius 3 is 2.29 bits per heavy atom. The van der Waals surface area contributed by atoms with E-state index in [1.165, 1.54) is 20.5 Å². The molecule has 2 N–H and O–H groups in total. The van der Waals surface area contributed by atoms with Crippen molar-refractivity contribution in [3.63, 3.8) is 0 Å². The van der Waals surface area contributed by atoms with Gasteiger partial charge in [-0.05, 0) is 59.0 Å². The number of methoxy groups -OCH3 is 2. The summed E-state index contributed by atoms with van der Waals surface area (Å²) >= 11 is 2.18. The Hall–Kier alpha value is -3.15. The van der Waals surface area contributed by atoms with Crippen LogP contribution >= 0.6 is 22.6 Å². The van der Waals surface area contributed by atoms with Crippen LogP contribution in [0.2, 0.25) is 0 Å². The maximum Gasteiger partial charge on any atom is 0.353 e. The number of nitrogens with zero attached hydrogens (tertiary/aromatic N) is 3. The van der Waals surface area contributed by atoms with Crippen LogP contribution in [0.1, 0.15) is 0 Å². The summed E-state index contributed by atoms with van der Waals surface area (Å²) in [5.74, 6) is 1.16. The van der Waals surface area contributed by atoms with Gasteiger partial charge in [-0.15, -0.1) is 0 Å².